The molecule has 0 aromatic heterocycles. The summed E-state index contributed by atoms with van der Waals surface area (Å²) in [6.07, 6.45) is 2.30. The average molecular weight is 404 g/mol. The van der Waals surface area contributed by atoms with E-state index in [-0.39, 0.29) is 36.1 Å². The fraction of sp³-hybridized carbons (Fsp3) is 0.591. The van der Waals surface area contributed by atoms with Crippen LogP contribution in [-0.2, 0) is 19.8 Å². The molecule has 7 heteroatoms. The lowest BCUT2D eigenvalue weighted by atomic mass is 9.87. The molecule has 3 amide bonds. The summed E-state index contributed by atoms with van der Waals surface area (Å²) >= 11 is 0. The van der Waals surface area contributed by atoms with Gasteiger partial charge in [0.15, 0.2) is 0 Å². The molecule has 1 aliphatic heterocycles. The SMILES string of the molecule is CNC(=O)C1CCCN1C(=O)CNC(=O)CCCOc1ccc(C(C)(C)C)cc1. The maximum absolute atomic E-state index is 12.3. The van der Waals surface area contributed by atoms with Gasteiger partial charge in [0.2, 0.25) is 17.7 Å². The molecule has 29 heavy (non-hydrogen) atoms. The van der Waals surface area contributed by atoms with Gasteiger partial charge in [0.1, 0.15) is 11.8 Å². The van der Waals surface area contributed by atoms with Gasteiger partial charge in [-0.3, -0.25) is 14.4 Å². The summed E-state index contributed by atoms with van der Waals surface area (Å²) in [5, 5.41) is 5.22. The van der Waals surface area contributed by atoms with Crippen LogP contribution in [0.3, 0.4) is 0 Å². The normalized spacial score (nSPS) is 16.4. The molecule has 2 rings (SSSR count). The molecule has 1 fully saturated rings. The molecule has 7 nitrogen and oxygen atoms in total. The van der Waals surface area contributed by atoms with Gasteiger partial charge < -0.3 is 20.3 Å². The number of ether oxygens (including phenoxy) is 1. The number of benzene rings is 1. The molecule has 1 atom stereocenters. The van der Waals surface area contributed by atoms with Gasteiger partial charge in [-0.25, -0.2) is 0 Å². The summed E-state index contributed by atoms with van der Waals surface area (Å²) in [4.78, 5) is 37.6. The maximum atomic E-state index is 12.3. The number of amides is 3. The molecule has 1 heterocycles. The van der Waals surface area contributed by atoms with E-state index >= 15 is 0 Å². The van der Waals surface area contributed by atoms with E-state index in [1.165, 1.54) is 5.56 Å². The first-order valence-corrected chi connectivity index (χ1v) is 10.2. The zero-order valence-corrected chi connectivity index (χ0v) is 17.9. The van der Waals surface area contributed by atoms with Crippen molar-refractivity contribution < 1.29 is 19.1 Å². The molecule has 1 aromatic rings. The number of carbonyl (C=O) groups excluding carboxylic acids is 3. The number of hydrogen-bond acceptors (Lipinski definition) is 4. The van der Waals surface area contributed by atoms with Gasteiger partial charge in [-0.2, -0.15) is 0 Å². The van der Waals surface area contributed by atoms with Gasteiger partial charge in [0.25, 0.3) is 0 Å². The molecule has 0 spiro atoms. The fourth-order valence-electron chi connectivity index (χ4n) is 3.34. The molecule has 2 N–H and O–H groups in total. The molecule has 0 saturated carbocycles. The minimum Gasteiger partial charge on any atom is -0.494 e. The first-order chi connectivity index (χ1) is 13.7. The quantitative estimate of drug-likeness (QED) is 0.650. The molecule has 0 bridgehead atoms. The van der Waals surface area contributed by atoms with E-state index in [0.717, 1.165) is 12.2 Å². The van der Waals surface area contributed by atoms with Crippen molar-refractivity contribution >= 4 is 17.7 Å². The Morgan fingerprint density at radius 1 is 1.17 bits per heavy atom. The van der Waals surface area contributed by atoms with Gasteiger partial charge in [0, 0.05) is 20.0 Å². The molecule has 1 aliphatic rings. The van der Waals surface area contributed by atoms with E-state index in [9.17, 15) is 14.4 Å². The summed E-state index contributed by atoms with van der Waals surface area (Å²) in [6, 6.07) is 7.56. The standard InChI is InChI=1S/C22H33N3O4/c1-22(2,3)16-9-11-17(12-10-16)29-14-6-8-19(26)24-15-20(27)25-13-5-7-18(25)21(28)23-4/h9-12,18H,5-8,13-15H2,1-4H3,(H,23,28)(H,24,26). The topological polar surface area (TPSA) is 87.7 Å². The Morgan fingerprint density at radius 2 is 1.86 bits per heavy atom. The second-order valence-corrected chi connectivity index (χ2v) is 8.36. The fourth-order valence-corrected chi connectivity index (χ4v) is 3.34. The molecule has 1 aromatic carbocycles. The second kappa shape index (κ2) is 10.3. The van der Waals surface area contributed by atoms with E-state index in [1.54, 1.807) is 11.9 Å². The van der Waals surface area contributed by atoms with Crippen molar-refractivity contribution in [2.24, 2.45) is 0 Å². The Bertz CT molecular complexity index is 710. The highest BCUT2D eigenvalue weighted by Gasteiger charge is 2.33. The number of nitrogens with zero attached hydrogens (tertiary/aromatic N) is 1. The number of rotatable bonds is 8. The summed E-state index contributed by atoms with van der Waals surface area (Å²) in [5.74, 6) is 0.207. The second-order valence-electron chi connectivity index (χ2n) is 8.36. The Labute approximate surface area is 173 Å². The van der Waals surface area contributed by atoms with Gasteiger partial charge in [-0.1, -0.05) is 32.9 Å². The third-order valence-corrected chi connectivity index (χ3v) is 5.10. The predicted molar refractivity (Wildman–Crippen MR) is 112 cm³/mol. The van der Waals surface area contributed by atoms with E-state index in [0.29, 0.717) is 26.0 Å². The smallest absolute Gasteiger partial charge is 0.242 e. The Hall–Kier alpha value is -2.57. The van der Waals surface area contributed by atoms with Gasteiger partial charge in [0.05, 0.1) is 13.2 Å². The first-order valence-electron chi connectivity index (χ1n) is 10.2. The van der Waals surface area contributed by atoms with Crippen LogP contribution >= 0.6 is 0 Å². The molecule has 1 unspecified atom stereocenters. The van der Waals surface area contributed by atoms with Crippen molar-refractivity contribution in [3.05, 3.63) is 29.8 Å². The number of nitrogens with one attached hydrogen (secondary N) is 2. The summed E-state index contributed by atoms with van der Waals surface area (Å²) in [5.41, 5.74) is 1.34. The third-order valence-electron chi connectivity index (χ3n) is 5.10. The average Bonchev–Trinajstić information content (AvgIpc) is 3.18. The summed E-state index contributed by atoms with van der Waals surface area (Å²) < 4.78 is 5.68. The van der Waals surface area contributed by atoms with Gasteiger partial charge in [-0.05, 0) is 42.4 Å². The minimum absolute atomic E-state index is 0.0819. The highest BCUT2D eigenvalue weighted by Crippen LogP contribution is 2.24. The van der Waals surface area contributed by atoms with Crippen molar-refractivity contribution in [1.82, 2.24) is 15.5 Å². The predicted octanol–water partition coefficient (Wildman–Crippen LogP) is 2.00. The highest BCUT2D eigenvalue weighted by atomic mass is 16.5. The lowest BCUT2D eigenvalue weighted by Crippen LogP contribution is -2.48. The number of likely N-dealkylation sites (N-methyl/N-ethyl adjacent to an activating group) is 1. The molecule has 0 radical (unpaired) electrons. The van der Waals surface area contributed by atoms with Gasteiger partial charge in [-0.15, -0.1) is 0 Å². The van der Waals surface area contributed by atoms with Crippen LogP contribution in [0.5, 0.6) is 5.75 Å². The summed E-state index contributed by atoms with van der Waals surface area (Å²) in [6.45, 7) is 7.38. The number of carbonyl (C=O) groups is 3. The van der Waals surface area contributed by atoms with Crippen LogP contribution < -0.4 is 15.4 Å². The molecular formula is C22H33N3O4. The molecule has 0 aliphatic carbocycles. The molecule has 160 valence electrons. The zero-order chi connectivity index (χ0) is 21.4. The van der Waals surface area contributed by atoms with Crippen molar-refractivity contribution in [1.29, 1.82) is 0 Å². The Morgan fingerprint density at radius 3 is 2.48 bits per heavy atom. The van der Waals surface area contributed by atoms with Crippen molar-refractivity contribution in [3.8, 4) is 5.75 Å². The molecule has 1 saturated heterocycles. The Balaban J connectivity index is 1.66. The van der Waals surface area contributed by atoms with Crippen LogP contribution in [0.1, 0.15) is 52.0 Å². The first kappa shape index (κ1) is 22.7. The van der Waals surface area contributed by atoms with Crippen molar-refractivity contribution in [2.75, 3.05) is 26.7 Å². The van der Waals surface area contributed by atoms with Crippen LogP contribution in [0, 0.1) is 0 Å². The van der Waals surface area contributed by atoms with E-state index < -0.39 is 6.04 Å². The van der Waals surface area contributed by atoms with E-state index in [1.807, 2.05) is 12.1 Å². The van der Waals surface area contributed by atoms with Crippen LogP contribution in [0.25, 0.3) is 0 Å². The summed E-state index contributed by atoms with van der Waals surface area (Å²) in [7, 11) is 1.56. The van der Waals surface area contributed by atoms with E-state index in [4.69, 9.17) is 4.74 Å². The van der Waals surface area contributed by atoms with Crippen LogP contribution in [-0.4, -0.2) is 55.4 Å². The minimum atomic E-state index is -0.428. The lowest BCUT2D eigenvalue weighted by Gasteiger charge is -2.23. The number of hydrogen-bond donors (Lipinski definition) is 2. The monoisotopic (exact) mass is 403 g/mol. The lowest BCUT2D eigenvalue weighted by molar-refractivity contribution is -0.138. The van der Waals surface area contributed by atoms with E-state index in [2.05, 4.69) is 43.5 Å². The number of likely N-dealkylation sites (tertiary alicyclic amines) is 1. The van der Waals surface area contributed by atoms with Crippen molar-refractivity contribution in [3.63, 3.8) is 0 Å². The van der Waals surface area contributed by atoms with Crippen LogP contribution in [0.4, 0.5) is 0 Å². The maximum Gasteiger partial charge on any atom is 0.242 e. The zero-order valence-electron chi connectivity index (χ0n) is 17.9. The van der Waals surface area contributed by atoms with Gasteiger partial charge >= 0.3 is 0 Å². The largest absolute Gasteiger partial charge is 0.494 e. The highest BCUT2D eigenvalue weighted by molar-refractivity contribution is 5.90. The third kappa shape index (κ3) is 6.76. The van der Waals surface area contributed by atoms with Crippen molar-refractivity contribution in [2.45, 2.75) is 57.9 Å². The van der Waals surface area contributed by atoms with Crippen LogP contribution in [0.2, 0.25) is 0 Å². The molecular weight excluding hydrogens is 370 g/mol. The Kier molecular flexibility index (Phi) is 8.05. The van der Waals surface area contributed by atoms with Crippen LogP contribution in [0.15, 0.2) is 24.3 Å².